The Hall–Kier alpha value is -1.75. The van der Waals surface area contributed by atoms with Gasteiger partial charge in [-0.1, -0.05) is 28.1 Å². The van der Waals surface area contributed by atoms with Gasteiger partial charge in [-0.25, -0.2) is 9.97 Å². The van der Waals surface area contributed by atoms with E-state index in [4.69, 9.17) is 0 Å². The lowest BCUT2D eigenvalue weighted by Crippen LogP contribution is -2.22. The van der Waals surface area contributed by atoms with E-state index in [1.165, 1.54) is 0 Å². The van der Waals surface area contributed by atoms with E-state index in [0.29, 0.717) is 18.7 Å². The van der Waals surface area contributed by atoms with Crippen LogP contribution in [-0.4, -0.2) is 21.0 Å². The van der Waals surface area contributed by atoms with Gasteiger partial charge in [-0.05, 0) is 31.0 Å². The first-order valence-electron chi connectivity index (χ1n) is 5.95. The summed E-state index contributed by atoms with van der Waals surface area (Å²) < 4.78 is 0.995. The fourth-order valence-corrected chi connectivity index (χ4v) is 2.29. The predicted octanol–water partition coefficient (Wildman–Crippen LogP) is 3.02. The van der Waals surface area contributed by atoms with Gasteiger partial charge in [-0.15, -0.1) is 0 Å². The second-order valence-electron chi connectivity index (χ2n) is 4.66. The Morgan fingerprint density at radius 1 is 1.21 bits per heavy atom. The van der Waals surface area contributed by atoms with Gasteiger partial charge in [-0.3, -0.25) is 4.79 Å². The molecule has 5 heteroatoms. The van der Waals surface area contributed by atoms with Gasteiger partial charge in [0.15, 0.2) is 0 Å². The summed E-state index contributed by atoms with van der Waals surface area (Å²) >= 11 is 3.38. The lowest BCUT2D eigenvalue weighted by Gasteiger charge is -2.09. The normalized spacial score (nSPS) is 16.1. The highest BCUT2D eigenvalue weighted by Crippen LogP contribution is 2.47. The minimum Gasteiger partial charge on any atom is -0.480 e. The second kappa shape index (κ2) is 4.42. The first-order chi connectivity index (χ1) is 9.12. The maximum Gasteiger partial charge on any atom is 0.317 e. The molecule has 1 heterocycles. The third kappa shape index (κ3) is 2.14. The van der Waals surface area contributed by atoms with Gasteiger partial charge in [0.25, 0.3) is 0 Å². The molecular formula is C14H11BrN2O2. The molecule has 1 saturated carbocycles. The van der Waals surface area contributed by atoms with Gasteiger partial charge in [0.05, 0.1) is 5.69 Å². The molecule has 4 nitrogen and oxygen atoms in total. The molecule has 0 unspecified atom stereocenters. The highest BCUT2D eigenvalue weighted by Gasteiger charge is 2.54. The maximum absolute atomic E-state index is 11.3. The van der Waals surface area contributed by atoms with Crippen LogP contribution in [0.1, 0.15) is 18.7 Å². The van der Waals surface area contributed by atoms with Crippen LogP contribution in [0.25, 0.3) is 11.3 Å². The second-order valence-corrected chi connectivity index (χ2v) is 5.58. The third-order valence-electron chi connectivity index (χ3n) is 3.38. The molecule has 1 aliphatic rings. The fraction of sp³-hybridized carbons (Fsp3) is 0.214. The number of halogens is 1. The fourth-order valence-electron chi connectivity index (χ4n) is 2.03. The van der Waals surface area contributed by atoms with E-state index in [1.54, 1.807) is 12.3 Å². The number of carboxylic acids is 1. The van der Waals surface area contributed by atoms with E-state index in [1.807, 2.05) is 24.3 Å². The van der Waals surface area contributed by atoms with E-state index in [0.717, 1.165) is 15.7 Å². The lowest BCUT2D eigenvalue weighted by molar-refractivity contribution is -0.140. The van der Waals surface area contributed by atoms with Gasteiger partial charge in [0.1, 0.15) is 11.2 Å². The summed E-state index contributed by atoms with van der Waals surface area (Å²) in [5.74, 6) is -0.416. The number of benzene rings is 1. The number of aromatic nitrogens is 2. The first-order valence-corrected chi connectivity index (χ1v) is 6.74. The van der Waals surface area contributed by atoms with Crippen molar-refractivity contribution in [3.63, 3.8) is 0 Å². The van der Waals surface area contributed by atoms with Gasteiger partial charge in [0.2, 0.25) is 0 Å². The number of hydrogen-bond donors (Lipinski definition) is 1. The lowest BCUT2D eigenvalue weighted by atomic mass is 10.1. The molecule has 0 amide bonds. The zero-order chi connectivity index (χ0) is 13.5. The van der Waals surface area contributed by atoms with Crippen molar-refractivity contribution in [1.82, 2.24) is 9.97 Å². The van der Waals surface area contributed by atoms with Crippen LogP contribution in [0.15, 0.2) is 41.0 Å². The van der Waals surface area contributed by atoms with Crippen molar-refractivity contribution in [1.29, 1.82) is 0 Å². The Labute approximate surface area is 118 Å². The number of carboxylic acid groups (broad SMARTS) is 1. The van der Waals surface area contributed by atoms with Crippen LogP contribution >= 0.6 is 15.9 Å². The number of aliphatic carboxylic acids is 1. The molecule has 19 heavy (non-hydrogen) atoms. The Kier molecular flexibility index (Phi) is 2.86. The maximum atomic E-state index is 11.3. The van der Waals surface area contributed by atoms with Crippen LogP contribution in [0, 0.1) is 0 Å². The zero-order valence-corrected chi connectivity index (χ0v) is 11.6. The van der Waals surface area contributed by atoms with Crippen molar-refractivity contribution in [3.05, 3.63) is 46.8 Å². The minimum atomic E-state index is -0.856. The Balaban J connectivity index is 2.01. The van der Waals surface area contributed by atoms with Gasteiger partial charge in [-0.2, -0.15) is 0 Å². The number of rotatable bonds is 3. The molecule has 1 fully saturated rings. The molecular weight excluding hydrogens is 308 g/mol. The first kappa shape index (κ1) is 12.3. The van der Waals surface area contributed by atoms with E-state index in [-0.39, 0.29) is 0 Å². The predicted molar refractivity (Wildman–Crippen MR) is 73.7 cm³/mol. The number of hydrogen-bond acceptors (Lipinski definition) is 3. The smallest absolute Gasteiger partial charge is 0.317 e. The van der Waals surface area contributed by atoms with Gasteiger partial charge in [0, 0.05) is 16.2 Å². The summed E-state index contributed by atoms with van der Waals surface area (Å²) in [4.78, 5) is 19.8. The third-order valence-corrected chi connectivity index (χ3v) is 3.91. The van der Waals surface area contributed by atoms with E-state index < -0.39 is 11.4 Å². The average Bonchev–Trinajstić information content (AvgIpc) is 3.21. The molecule has 0 atom stereocenters. The van der Waals surface area contributed by atoms with Gasteiger partial charge >= 0.3 is 5.97 Å². The van der Waals surface area contributed by atoms with Gasteiger partial charge < -0.3 is 5.11 Å². The molecule has 0 spiro atoms. The topological polar surface area (TPSA) is 63.1 Å². The van der Waals surface area contributed by atoms with Crippen molar-refractivity contribution in [3.8, 4) is 11.3 Å². The largest absolute Gasteiger partial charge is 0.480 e. The molecule has 1 aromatic heterocycles. The van der Waals surface area contributed by atoms with E-state index in [9.17, 15) is 9.90 Å². The van der Waals surface area contributed by atoms with E-state index >= 15 is 0 Å². The molecule has 0 saturated heterocycles. The molecule has 0 aliphatic heterocycles. The Morgan fingerprint density at radius 3 is 2.47 bits per heavy atom. The summed E-state index contributed by atoms with van der Waals surface area (Å²) in [5, 5.41) is 9.27. The Morgan fingerprint density at radius 2 is 1.89 bits per heavy atom. The standard InChI is InChI=1S/C14H11BrN2O2/c15-10-3-1-9(2-4-10)11-5-8-16-12(17-11)14(6-7-14)13(18)19/h1-5,8H,6-7H2,(H,18,19). The summed E-state index contributed by atoms with van der Waals surface area (Å²) in [6.45, 7) is 0. The number of carbonyl (C=O) groups is 1. The molecule has 1 aromatic carbocycles. The quantitative estimate of drug-likeness (QED) is 0.944. The van der Waals surface area contributed by atoms with Crippen LogP contribution in [0.5, 0.6) is 0 Å². The minimum absolute atomic E-state index is 0.417. The monoisotopic (exact) mass is 318 g/mol. The van der Waals surface area contributed by atoms with Crippen molar-refractivity contribution < 1.29 is 9.90 Å². The van der Waals surface area contributed by atoms with Crippen molar-refractivity contribution >= 4 is 21.9 Å². The molecule has 1 aliphatic carbocycles. The highest BCUT2D eigenvalue weighted by molar-refractivity contribution is 9.10. The highest BCUT2D eigenvalue weighted by atomic mass is 79.9. The summed E-state index contributed by atoms with van der Waals surface area (Å²) in [6, 6.07) is 9.54. The molecule has 0 bridgehead atoms. The van der Waals surface area contributed by atoms with E-state index in [2.05, 4.69) is 25.9 Å². The van der Waals surface area contributed by atoms with Crippen LogP contribution in [0.3, 0.4) is 0 Å². The van der Waals surface area contributed by atoms with Crippen LogP contribution in [-0.2, 0) is 10.2 Å². The average molecular weight is 319 g/mol. The van der Waals surface area contributed by atoms with Crippen LogP contribution in [0.4, 0.5) is 0 Å². The zero-order valence-electron chi connectivity index (χ0n) is 10.0. The number of nitrogens with zero attached hydrogens (tertiary/aromatic N) is 2. The summed E-state index contributed by atoms with van der Waals surface area (Å²) in [5.41, 5.74) is 0.851. The molecule has 3 rings (SSSR count). The molecule has 2 aromatic rings. The summed E-state index contributed by atoms with van der Waals surface area (Å²) in [6.07, 6.45) is 2.86. The molecule has 1 N–H and O–H groups in total. The molecule has 96 valence electrons. The van der Waals surface area contributed by atoms with Crippen molar-refractivity contribution in [2.24, 2.45) is 0 Å². The van der Waals surface area contributed by atoms with Crippen molar-refractivity contribution in [2.75, 3.05) is 0 Å². The molecule has 0 radical (unpaired) electrons. The summed E-state index contributed by atoms with van der Waals surface area (Å²) in [7, 11) is 0. The van der Waals surface area contributed by atoms with Crippen molar-refractivity contribution in [2.45, 2.75) is 18.3 Å². The SMILES string of the molecule is O=C(O)C1(c2nccc(-c3ccc(Br)cc3)n2)CC1. The Bertz CT molecular complexity index is 636. The van der Waals surface area contributed by atoms with Crippen LogP contribution < -0.4 is 0 Å². The van der Waals surface area contributed by atoms with Crippen LogP contribution in [0.2, 0.25) is 0 Å².